The second-order valence-corrected chi connectivity index (χ2v) is 5.33. The van der Waals surface area contributed by atoms with Crippen LogP contribution in [-0.4, -0.2) is 33.4 Å². The van der Waals surface area contributed by atoms with Gasteiger partial charge in [-0.2, -0.15) is 0 Å². The molecule has 1 aromatic rings. The maximum absolute atomic E-state index is 11.4. The molecule has 8 heteroatoms. The summed E-state index contributed by atoms with van der Waals surface area (Å²) in [5.74, 6) is -0.849. The SMILES string of the molecule is CC(c1ccc([N+](=O)[O-])cc1)C(CO)NC(=O)C(Cl)Cl. The third-order valence-electron chi connectivity index (χ3n) is 2.96. The molecule has 6 nitrogen and oxygen atoms in total. The van der Waals surface area contributed by atoms with Crippen molar-refractivity contribution in [3.8, 4) is 0 Å². The van der Waals surface area contributed by atoms with Gasteiger partial charge < -0.3 is 10.4 Å². The highest BCUT2D eigenvalue weighted by atomic mass is 35.5. The highest BCUT2D eigenvalue weighted by molar-refractivity contribution is 6.53. The van der Waals surface area contributed by atoms with Gasteiger partial charge in [0.15, 0.2) is 4.84 Å². The zero-order chi connectivity index (χ0) is 15.3. The summed E-state index contributed by atoms with van der Waals surface area (Å²) in [6.07, 6.45) is 0. The van der Waals surface area contributed by atoms with Crippen molar-refractivity contribution in [1.29, 1.82) is 0 Å². The number of nitrogens with one attached hydrogen (secondary N) is 1. The van der Waals surface area contributed by atoms with Gasteiger partial charge >= 0.3 is 0 Å². The van der Waals surface area contributed by atoms with Crippen LogP contribution in [0.25, 0.3) is 0 Å². The van der Waals surface area contributed by atoms with Crippen molar-refractivity contribution in [1.82, 2.24) is 5.32 Å². The summed E-state index contributed by atoms with van der Waals surface area (Å²) < 4.78 is 0. The lowest BCUT2D eigenvalue weighted by Gasteiger charge is -2.23. The predicted octanol–water partition coefficient (Wildman–Crippen LogP) is 1.98. The second-order valence-electron chi connectivity index (χ2n) is 4.24. The molecule has 0 aliphatic heterocycles. The van der Waals surface area contributed by atoms with E-state index in [1.54, 1.807) is 19.1 Å². The van der Waals surface area contributed by atoms with Gasteiger partial charge in [0, 0.05) is 18.1 Å². The van der Waals surface area contributed by atoms with Crippen LogP contribution in [0.1, 0.15) is 18.4 Å². The van der Waals surface area contributed by atoms with Crippen LogP contribution in [0.5, 0.6) is 0 Å². The van der Waals surface area contributed by atoms with Crippen LogP contribution in [0.2, 0.25) is 0 Å². The molecule has 0 aliphatic rings. The quantitative estimate of drug-likeness (QED) is 0.476. The lowest BCUT2D eigenvalue weighted by atomic mass is 9.93. The average Bonchev–Trinajstić information content (AvgIpc) is 2.43. The molecule has 0 heterocycles. The molecule has 2 N–H and O–H groups in total. The smallest absolute Gasteiger partial charge is 0.269 e. The Hall–Kier alpha value is -1.37. The Bertz CT molecular complexity index is 479. The van der Waals surface area contributed by atoms with E-state index in [4.69, 9.17) is 23.2 Å². The van der Waals surface area contributed by atoms with Crippen molar-refractivity contribution in [3.05, 3.63) is 39.9 Å². The largest absolute Gasteiger partial charge is 0.394 e. The summed E-state index contributed by atoms with van der Waals surface area (Å²) in [4.78, 5) is 20.3. The summed E-state index contributed by atoms with van der Waals surface area (Å²) in [5, 5.41) is 22.4. The first kappa shape index (κ1) is 16.7. The number of hydrogen-bond acceptors (Lipinski definition) is 4. The summed E-state index contributed by atoms with van der Waals surface area (Å²) in [5.41, 5.74) is 0.725. The normalized spacial score (nSPS) is 13.8. The molecular formula is C12H14Cl2N2O4. The van der Waals surface area contributed by atoms with Crippen molar-refractivity contribution in [3.63, 3.8) is 0 Å². The number of nitro benzene ring substituents is 1. The number of amides is 1. The fraction of sp³-hybridized carbons (Fsp3) is 0.417. The number of aliphatic hydroxyl groups is 1. The Morgan fingerprint density at radius 3 is 2.35 bits per heavy atom. The fourth-order valence-corrected chi connectivity index (χ4v) is 1.83. The minimum atomic E-state index is -1.21. The fourth-order valence-electron chi connectivity index (χ4n) is 1.71. The summed E-state index contributed by atoms with van der Waals surface area (Å²) in [6.45, 7) is 1.48. The lowest BCUT2D eigenvalue weighted by Crippen LogP contribution is -2.43. The number of hydrogen-bond donors (Lipinski definition) is 2. The minimum absolute atomic E-state index is 0.0212. The van der Waals surface area contributed by atoms with E-state index in [1.807, 2.05) is 0 Å². The number of halogens is 2. The van der Waals surface area contributed by atoms with E-state index in [0.29, 0.717) is 0 Å². The van der Waals surface area contributed by atoms with E-state index in [1.165, 1.54) is 12.1 Å². The van der Waals surface area contributed by atoms with Gasteiger partial charge in [-0.15, -0.1) is 0 Å². The summed E-state index contributed by atoms with van der Waals surface area (Å²) in [7, 11) is 0. The topological polar surface area (TPSA) is 92.5 Å². The first-order valence-electron chi connectivity index (χ1n) is 5.80. The second kappa shape index (κ2) is 7.42. The van der Waals surface area contributed by atoms with Crippen LogP contribution >= 0.6 is 23.2 Å². The van der Waals surface area contributed by atoms with Crippen LogP contribution in [0.3, 0.4) is 0 Å². The van der Waals surface area contributed by atoms with Gasteiger partial charge in [0.1, 0.15) is 0 Å². The molecule has 0 bridgehead atoms. The van der Waals surface area contributed by atoms with E-state index in [-0.39, 0.29) is 18.2 Å². The monoisotopic (exact) mass is 320 g/mol. The first-order valence-corrected chi connectivity index (χ1v) is 6.67. The average molecular weight is 321 g/mol. The lowest BCUT2D eigenvalue weighted by molar-refractivity contribution is -0.384. The van der Waals surface area contributed by atoms with Crippen LogP contribution < -0.4 is 5.32 Å². The molecule has 0 aliphatic carbocycles. The molecule has 0 aromatic heterocycles. The number of non-ortho nitro benzene ring substituents is 1. The number of aliphatic hydroxyl groups excluding tert-OH is 1. The zero-order valence-electron chi connectivity index (χ0n) is 10.6. The van der Waals surface area contributed by atoms with Gasteiger partial charge in [0.05, 0.1) is 17.6 Å². The standard InChI is InChI=1S/C12H14Cl2N2O4/c1-7(10(6-17)15-12(18)11(13)14)8-2-4-9(5-3-8)16(19)20/h2-5,7,10-11,17H,6H2,1H3,(H,15,18). The number of nitro groups is 1. The molecule has 0 fully saturated rings. The highest BCUT2D eigenvalue weighted by Gasteiger charge is 2.23. The Kier molecular flexibility index (Phi) is 6.19. The Balaban J connectivity index is 2.82. The van der Waals surface area contributed by atoms with Gasteiger partial charge in [-0.05, 0) is 5.56 Å². The number of rotatable bonds is 6. The molecule has 1 aromatic carbocycles. The first-order chi connectivity index (χ1) is 9.36. The van der Waals surface area contributed by atoms with Gasteiger partial charge in [-0.1, -0.05) is 42.3 Å². The number of carbonyl (C=O) groups excluding carboxylic acids is 1. The highest BCUT2D eigenvalue weighted by Crippen LogP contribution is 2.22. The maximum atomic E-state index is 11.4. The van der Waals surface area contributed by atoms with Crippen molar-refractivity contribution < 1.29 is 14.8 Å². The van der Waals surface area contributed by atoms with Crippen molar-refractivity contribution in [2.45, 2.75) is 23.7 Å². The van der Waals surface area contributed by atoms with E-state index >= 15 is 0 Å². The maximum Gasteiger partial charge on any atom is 0.269 e. The molecule has 1 rings (SSSR count). The summed E-state index contributed by atoms with van der Waals surface area (Å²) in [6, 6.07) is 5.32. The molecule has 1 amide bonds. The minimum Gasteiger partial charge on any atom is -0.394 e. The van der Waals surface area contributed by atoms with Gasteiger partial charge in [0.25, 0.3) is 11.6 Å². The van der Waals surface area contributed by atoms with Crippen molar-refractivity contribution >= 4 is 34.8 Å². The predicted molar refractivity (Wildman–Crippen MR) is 76.0 cm³/mol. The van der Waals surface area contributed by atoms with E-state index in [2.05, 4.69) is 5.32 Å². The Labute approximate surface area is 125 Å². The molecule has 0 radical (unpaired) electrons. The number of benzene rings is 1. The molecule has 110 valence electrons. The Morgan fingerprint density at radius 2 is 1.95 bits per heavy atom. The molecular weight excluding hydrogens is 307 g/mol. The molecule has 0 saturated carbocycles. The van der Waals surface area contributed by atoms with Crippen LogP contribution in [0, 0.1) is 10.1 Å². The van der Waals surface area contributed by atoms with Crippen LogP contribution in [0.15, 0.2) is 24.3 Å². The Morgan fingerprint density at radius 1 is 1.40 bits per heavy atom. The summed E-state index contributed by atoms with van der Waals surface area (Å²) >= 11 is 10.9. The number of carbonyl (C=O) groups is 1. The van der Waals surface area contributed by atoms with Gasteiger partial charge in [-0.25, -0.2) is 0 Å². The third-order valence-corrected chi connectivity index (χ3v) is 3.35. The van der Waals surface area contributed by atoms with E-state index < -0.39 is 21.7 Å². The molecule has 0 saturated heterocycles. The van der Waals surface area contributed by atoms with Crippen molar-refractivity contribution in [2.24, 2.45) is 0 Å². The zero-order valence-corrected chi connectivity index (χ0v) is 12.1. The molecule has 2 atom stereocenters. The van der Waals surface area contributed by atoms with E-state index in [9.17, 15) is 20.0 Å². The molecule has 0 spiro atoms. The van der Waals surface area contributed by atoms with Crippen LogP contribution in [0.4, 0.5) is 5.69 Å². The third kappa shape index (κ3) is 4.33. The molecule has 2 unspecified atom stereocenters. The number of alkyl halides is 2. The number of nitrogens with zero attached hydrogens (tertiary/aromatic N) is 1. The van der Waals surface area contributed by atoms with Gasteiger partial charge in [-0.3, -0.25) is 14.9 Å². The molecule has 20 heavy (non-hydrogen) atoms. The van der Waals surface area contributed by atoms with Crippen molar-refractivity contribution in [2.75, 3.05) is 6.61 Å². The van der Waals surface area contributed by atoms with E-state index in [0.717, 1.165) is 5.56 Å². The van der Waals surface area contributed by atoms with Gasteiger partial charge in [0.2, 0.25) is 0 Å². The van der Waals surface area contributed by atoms with Crippen LogP contribution in [-0.2, 0) is 4.79 Å².